The maximum atomic E-state index is 12.6. The Bertz CT molecular complexity index is 821. The molecule has 7 heteroatoms. The minimum Gasteiger partial charge on any atom is -0.321 e. The first-order chi connectivity index (χ1) is 10.4. The Morgan fingerprint density at radius 1 is 1.27 bits per heavy atom. The van der Waals surface area contributed by atoms with Crippen LogP contribution in [0.2, 0.25) is 0 Å². The van der Waals surface area contributed by atoms with Gasteiger partial charge < -0.3 is 9.88 Å². The van der Waals surface area contributed by atoms with E-state index in [1.807, 2.05) is 4.57 Å². The fraction of sp³-hybridized carbons (Fsp3) is 0.667. The molecule has 1 aliphatic heterocycles. The average molecular weight is 305 g/mol. The molecule has 0 spiro atoms. The lowest BCUT2D eigenvalue weighted by molar-refractivity contribution is 0.484. The Morgan fingerprint density at radius 2 is 2.00 bits per heavy atom. The van der Waals surface area contributed by atoms with Crippen molar-refractivity contribution in [2.45, 2.75) is 39.3 Å². The molecule has 7 nitrogen and oxygen atoms in total. The number of fused-ring (bicyclic) bond motifs is 1. The van der Waals surface area contributed by atoms with Crippen LogP contribution in [-0.4, -0.2) is 25.2 Å². The van der Waals surface area contributed by atoms with E-state index in [1.165, 1.54) is 11.6 Å². The monoisotopic (exact) mass is 305 g/mol. The molecule has 0 aromatic carbocycles. The molecule has 1 fully saturated rings. The van der Waals surface area contributed by atoms with Gasteiger partial charge in [-0.05, 0) is 25.3 Å². The molecule has 120 valence electrons. The van der Waals surface area contributed by atoms with Gasteiger partial charge in [-0.25, -0.2) is 9.78 Å². The predicted octanol–water partition coefficient (Wildman–Crippen LogP) is 0.514. The van der Waals surface area contributed by atoms with Crippen molar-refractivity contribution in [2.24, 2.45) is 20.0 Å². The maximum Gasteiger partial charge on any atom is 0.332 e. The Morgan fingerprint density at radius 3 is 2.59 bits per heavy atom. The number of aromatic nitrogens is 4. The number of rotatable bonds is 3. The van der Waals surface area contributed by atoms with Crippen LogP contribution < -0.4 is 16.6 Å². The number of nitrogens with one attached hydrogen (secondary N) is 1. The van der Waals surface area contributed by atoms with Gasteiger partial charge in [0.15, 0.2) is 11.2 Å². The predicted molar refractivity (Wildman–Crippen MR) is 85.0 cm³/mol. The van der Waals surface area contributed by atoms with E-state index in [0.717, 1.165) is 36.3 Å². The highest BCUT2D eigenvalue weighted by Gasteiger charge is 2.26. The molecule has 1 aliphatic rings. The molecule has 0 bridgehead atoms. The lowest BCUT2D eigenvalue weighted by Crippen LogP contribution is -2.37. The third kappa shape index (κ3) is 2.20. The minimum atomic E-state index is -0.336. The van der Waals surface area contributed by atoms with Gasteiger partial charge in [-0.3, -0.25) is 13.9 Å². The summed E-state index contributed by atoms with van der Waals surface area (Å²) in [6.45, 7) is 5.91. The topological polar surface area (TPSA) is 73.8 Å². The summed E-state index contributed by atoms with van der Waals surface area (Å²) in [4.78, 5) is 29.4. The molecule has 1 unspecified atom stereocenters. The fourth-order valence-electron chi connectivity index (χ4n) is 3.18. The van der Waals surface area contributed by atoms with Crippen LogP contribution in [0.25, 0.3) is 11.2 Å². The van der Waals surface area contributed by atoms with Gasteiger partial charge >= 0.3 is 5.69 Å². The zero-order valence-corrected chi connectivity index (χ0v) is 13.6. The molecule has 1 N–H and O–H groups in total. The van der Waals surface area contributed by atoms with Crippen LogP contribution in [0, 0.1) is 5.92 Å². The van der Waals surface area contributed by atoms with E-state index in [-0.39, 0.29) is 17.3 Å². The first-order valence-corrected chi connectivity index (χ1v) is 7.81. The van der Waals surface area contributed by atoms with Gasteiger partial charge in [0.1, 0.15) is 5.82 Å². The van der Waals surface area contributed by atoms with Gasteiger partial charge in [-0.2, -0.15) is 0 Å². The normalized spacial score (nSPS) is 18.7. The fourth-order valence-corrected chi connectivity index (χ4v) is 3.18. The third-order valence-electron chi connectivity index (χ3n) is 4.30. The van der Waals surface area contributed by atoms with Gasteiger partial charge in [0.2, 0.25) is 0 Å². The maximum absolute atomic E-state index is 12.6. The van der Waals surface area contributed by atoms with E-state index in [9.17, 15) is 9.59 Å². The zero-order valence-electron chi connectivity index (χ0n) is 13.6. The van der Waals surface area contributed by atoms with E-state index >= 15 is 0 Å². The van der Waals surface area contributed by atoms with Crippen molar-refractivity contribution in [2.75, 3.05) is 6.54 Å². The van der Waals surface area contributed by atoms with Crippen molar-refractivity contribution in [1.29, 1.82) is 0 Å². The van der Waals surface area contributed by atoms with Crippen LogP contribution >= 0.6 is 0 Å². The van der Waals surface area contributed by atoms with E-state index in [4.69, 9.17) is 0 Å². The Balaban J connectivity index is 2.36. The van der Waals surface area contributed by atoms with Crippen LogP contribution in [0.5, 0.6) is 0 Å². The highest BCUT2D eigenvalue weighted by molar-refractivity contribution is 5.71. The Kier molecular flexibility index (Phi) is 3.68. The van der Waals surface area contributed by atoms with Crippen molar-refractivity contribution < 1.29 is 0 Å². The van der Waals surface area contributed by atoms with Crippen LogP contribution in [-0.2, 0) is 20.6 Å². The molecule has 3 heterocycles. The quantitative estimate of drug-likeness (QED) is 0.897. The largest absolute Gasteiger partial charge is 0.332 e. The van der Waals surface area contributed by atoms with Gasteiger partial charge in [-0.15, -0.1) is 0 Å². The number of hydrogen-bond donors (Lipinski definition) is 1. The standard InChI is InChI=1S/C15H23N5O2/c1-9(2)8-20-11-13(17-12(20)10-6-5-7-16-10)18(3)15(22)19(4)14(11)21/h9-10,16H,5-8H2,1-4H3. The van der Waals surface area contributed by atoms with E-state index in [2.05, 4.69) is 24.1 Å². The lowest BCUT2D eigenvalue weighted by atomic mass is 10.2. The average Bonchev–Trinajstić information content (AvgIpc) is 3.10. The molecule has 1 atom stereocenters. The van der Waals surface area contributed by atoms with Crippen LogP contribution in [0.3, 0.4) is 0 Å². The van der Waals surface area contributed by atoms with Crippen molar-refractivity contribution >= 4 is 11.2 Å². The summed E-state index contributed by atoms with van der Waals surface area (Å²) in [5.74, 6) is 1.26. The number of aryl methyl sites for hydroxylation is 1. The molecule has 2 aromatic heterocycles. The number of nitrogens with zero attached hydrogens (tertiary/aromatic N) is 4. The molecule has 1 saturated heterocycles. The highest BCUT2D eigenvalue weighted by atomic mass is 16.2. The van der Waals surface area contributed by atoms with E-state index < -0.39 is 0 Å². The van der Waals surface area contributed by atoms with Crippen LogP contribution in [0.1, 0.15) is 38.6 Å². The van der Waals surface area contributed by atoms with Gasteiger partial charge in [0.25, 0.3) is 5.56 Å². The second-order valence-corrected chi connectivity index (χ2v) is 6.50. The smallest absolute Gasteiger partial charge is 0.321 e. The summed E-state index contributed by atoms with van der Waals surface area (Å²) < 4.78 is 4.63. The van der Waals surface area contributed by atoms with Crippen LogP contribution in [0.15, 0.2) is 9.59 Å². The molecule has 22 heavy (non-hydrogen) atoms. The molecule has 3 rings (SSSR count). The second kappa shape index (κ2) is 5.39. The van der Waals surface area contributed by atoms with Crippen molar-refractivity contribution in [3.8, 4) is 0 Å². The minimum absolute atomic E-state index is 0.158. The Hall–Kier alpha value is -1.89. The van der Waals surface area contributed by atoms with Gasteiger partial charge in [0, 0.05) is 20.6 Å². The molecule has 2 aromatic rings. The van der Waals surface area contributed by atoms with Crippen LogP contribution in [0.4, 0.5) is 0 Å². The molecular weight excluding hydrogens is 282 g/mol. The van der Waals surface area contributed by atoms with Gasteiger partial charge in [0.05, 0.1) is 6.04 Å². The van der Waals surface area contributed by atoms with Crippen molar-refractivity contribution in [3.05, 3.63) is 26.7 Å². The van der Waals surface area contributed by atoms with Crippen molar-refractivity contribution in [1.82, 2.24) is 24.0 Å². The van der Waals surface area contributed by atoms with Crippen molar-refractivity contribution in [3.63, 3.8) is 0 Å². The van der Waals surface area contributed by atoms with Gasteiger partial charge in [-0.1, -0.05) is 13.8 Å². The molecule has 0 saturated carbocycles. The van der Waals surface area contributed by atoms with E-state index in [0.29, 0.717) is 17.1 Å². The molecule has 0 radical (unpaired) electrons. The summed E-state index contributed by atoms with van der Waals surface area (Å²) >= 11 is 0. The SMILES string of the molecule is CC(C)Cn1c(C2CCCN2)nc2c1c(=O)n(C)c(=O)n2C. The second-order valence-electron chi connectivity index (χ2n) is 6.50. The summed E-state index contributed by atoms with van der Waals surface area (Å²) in [5, 5.41) is 3.44. The first kappa shape index (κ1) is 15.0. The molecule has 0 aliphatic carbocycles. The lowest BCUT2D eigenvalue weighted by Gasteiger charge is -2.15. The van der Waals surface area contributed by atoms with E-state index in [1.54, 1.807) is 7.05 Å². The first-order valence-electron chi connectivity index (χ1n) is 7.81. The summed E-state index contributed by atoms with van der Waals surface area (Å²) in [5.41, 5.74) is 0.410. The molecule has 0 amide bonds. The number of hydrogen-bond acceptors (Lipinski definition) is 4. The third-order valence-corrected chi connectivity index (χ3v) is 4.30. The highest BCUT2D eigenvalue weighted by Crippen LogP contribution is 2.25. The summed E-state index contributed by atoms with van der Waals surface area (Å²) in [7, 11) is 3.19. The Labute approximate surface area is 128 Å². The number of imidazole rings is 1. The summed E-state index contributed by atoms with van der Waals surface area (Å²) in [6, 6.07) is 0.158. The summed E-state index contributed by atoms with van der Waals surface area (Å²) in [6.07, 6.45) is 2.11. The molecular formula is C15H23N5O2. The zero-order chi connectivity index (χ0) is 16.0.